The monoisotopic (exact) mass is 398 g/mol. The van der Waals surface area contributed by atoms with Crippen molar-refractivity contribution in [1.82, 2.24) is 5.32 Å². The number of halogens is 1. The van der Waals surface area contributed by atoms with Crippen LogP contribution >= 0.6 is 15.9 Å². The van der Waals surface area contributed by atoms with Gasteiger partial charge in [0.2, 0.25) is 0 Å². The second kappa shape index (κ2) is 9.07. The first-order chi connectivity index (χ1) is 11.2. The van der Waals surface area contributed by atoms with E-state index in [0.717, 1.165) is 4.47 Å². The van der Waals surface area contributed by atoms with Crippen molar-refractivity contribution in [2.75, 3.05) is 7.11 Å². The summed E-state index contributed by atoms with van der Waals surface area (Å²) in [7, 11) is 1.52. The molecule has 0 aliphatic carbocycles. The summed E-state index contributed by atoms with van der Waals surface area (Å²) in [5, 5.41) is 1.90. The number of hydrogen-bond donors (Lipinski definition) is 2. The predicted molar refractivity (Wildman–Crippen MR) is 92.2 cm³/mol. The van der Waals surface area contributed by atoms with Crippen molar-refractivity contribution >= 4 is 39.9 Å². The van der Waals surface area contributed by atoms with E-state index in [0.29, 0.717) is 11.3 Å². The molecule has 1 aromatic carbocycles. The molecule has 1 aromatic rings. The van der Waals surface area contributed by atoms with Crippen LogP contribution in [0.5, 0.6) is 5.75 Å². The molecule has 0 unspecified atom stereocenters. The van der Waals surface area contributed by atoms with Gasteiger partial charge in [-0.1, -0.05) is 29.8 Å². The molecule has 0 spiro atoms. The highest BCUT2D eigenvalue weighted by molar-refractivity contribution is 9.10. The fourth-order valence-electron chi connectivity index (χ4n) is 1.84. The van der Waals surface area contributed by atoms with Crippen molar-refractivity contribution < 1.29 is 23.9 Å². The maximum atomic E-state index is 11.9. The number of carbonyl (C=O) groups is 3. The number of imide groups is 1. The quantitative estimate of drug-likeness (QED) is 0.564. The van der Waals surface area contributed by atoms with Crippen LogP contribution in [0.25, 0.3) is 6.08 Å². The summed E-state index contributed by atoms with van der Waals surface area (Å²) in [6.45, 7) is 3.36. The molecular weight excluding hydrogens is 380 g/mol. The van der Waals surface area contributed by atoms with Crippen LogP contribution in [-0.2, 0) is 14.3 Å². The standard InChI is InChI=1S/C16H19BrN2O5/c1-9(2)14(15(21)19-16(18)22)24-13(20)7-4-10-8-11(17)5-6-12(10)23-3/h4-9,14H,1-3H3,(H3,18,19,21,22)/b7-4+/t14-/m0/s1. The van der Waals surface area contributed by atoms with E-state index in [2.05, 4.69) is 15.9 Å². The van der Waals surface area contributed by atoms with E-state index < -0.39 is 24.0 Å². The Kier molecular flexibility index (Phi) is 7.44. The Bertz CT molecular complexity index is 658. The van der Waals surface area contributed by atoms with Gasteiger partial charge in [0.1, 0.15) is 5.75 Å². The molecule has 0 bridgehead atoms. The van der Waals surface area contributed by atoms with Crippen LogP contribution in [0.1, 0.15) is 19.4 Å². The van der Waals surface area contributed by atoms with Gasteiger partial charge in [-0.2, -0.15) is 0 Å². The van der Waals surface area contributed by atoms with E-state index >= 15 is 0 Å². The second-order valence-corrected chi connectivity index (χ2v) is 6.09. The summed E-state index contributed by atoms with van der Waals surface area (Å²) >= 11 is 3.33. The maximum Gasteiger partial charge on any atom is 0.331 e. The number of esters is 1. The molecule has 0 aliphatic heterocycles. The average Bonchev–Trinajstić information content (AvgIpc) is 2.49. The first-order valence-electron chi connectivity index (χ1n) is 7.07. The molecule has 1 rings (SSSR count). The van der Waals surface area contributed by atoms with Crippen molar-refractivity contribution in [3.05, 3.63) is 34.3 Å². The zero-order valence-electron chi connectivity index (χ0n) is 13.5. The number of nitrogens with one attached hydrogen (secondary N) is 1. The summed E-state index contributed by atoms with van der Waals surface area (Å²) < 4.78 is 11.1. The minimum absolute atomic E-state index is 0.331. The van der Waals surface area contributed by atoms with Gasteiger partial charge in [0.25, 0.3) is 5.91 Å². The highest BCUT2D eigenvalue weighted by atomic mass is 79.9. The van der Waals surface area contributed by atoms with Gasteiger partial charge in [-0.05, 0) is 30.2 Å². The number of methoxy groups -OCH3 is 1. The van der Waals surface area contributed by atoms with Crippen molar-refractivity contribution in [3.63, 3.8) is 0 Å². The molecule has 3 amide bonds. The highest BCUT2D eigenvalue weighted by Crippen LogP contribution is 2.24. The van der Waals surface area contributed by atoms with Crippen LogP contribution < -0.4 is 15.8 Å². The molecule has 3 N–H and O–H groups in total. The molecule has 0 fully saturated rings. The number of urea groups is 1. The first kappa shape index (κ1) is 19.7. The highest BCUT2D eigenvalue weighted by Gasteiger charge is 2.26. The molecule has 0 heterocycles. The molecule has 0 saturated carbocycles. The average molecular weight is 399 g/mol. The molecule has 7 nitrogen and oxygen atoms in total. The molecule has 0 aromatic heterocycles. The lowest BCUT2D eigenvalue weighted by Crippen LogP contribution is -2.45. The lowest BCUT2D eigenvalue weighted by molar-refractivity contribution is -0.153. The van der Waals surface area contributed by atoms with Gasteiger partial charge in [-0.3, -0.25) is 10.1 Å². The fourth-order valence-corrected chi connectivity index (χ4v) is 2.22. The molecule has 0 radical (unpaired) electrons. The van der Waals surface area contributed by atoms with Gasteiger partial charge in [0.05, 0.1) is 7.11 Å². The molecular formula is C16H19BrN2O5. The normalized spacial score (nSPS) is 12.0. The molecule has 24 heavy (non-hydrogen) atoms. The first-order valence-corrected chi connectivity index (χ1v) is 7.86. The van der Waals surface area contributed by atoms with Crippen molar-refractivity contribution in [1.29, 1.82) is 0 Å². The molecule has 130 valence electrons. The van der Waals surface area contributed by atoms with E-state index in [1.807, 2.05) is 5.32 Å². The Balaban J connectivity index is 2.84. The summed E-state index contributed by atoms with van der Waals surface area (Å²) in [6.07, 6.45) is 1.56. The third-order valence-corrected chi connectivity index (χ3v) is 3.44. The third-order valence-electron chi connectivity index (χ3n) is 2.94. The summed E-state index contributed by atoms with van der Waals surface area (Å²) in [6, 6.07) is 4.31. The van der Waals surface area contributed by atoms with Gasteiger partial charge in [0, 0.05) is 16.1 Å². The number of nitrogens with two attached hydrogens (primary N) is 1. The topological polar surface area (TPSA) is 108 Å². The lowest BCUT2D eigenvalue weighted by Gasteiger charge is -2.18. The van der Waals surface area contributed by atoms with Crippen molar-refractivity contribution in [2.24, 2.45) is 11.7 Å². The number of rotatable bonds is 6. The third kappa shape index (κ3) is 6.04. The van der Waals surface area contributed by atoms with Crippen LogP contribution in [0.2, 0.25) is 0 Å². The van der Waals surface area contributed by atoms with E-state index in [9.17, 15) is 14.4 Å². The van der Waals surface area contributed by atoms with Crippen molar-refractivity contribution in [3.8, 4) is 5.75 Å². The second-order valence-electron chi connectivity index (χ2n) is 5.17. The lowest BCUT2D eigenvalue weighted by atomic mass is 10.1. The van der Waals surface area contributed by atoms with Gasteiger partial charge in [-0.25, -0.2) is 9.59 Å². The minimum atomic E-state index is -1.13. The summed E-state index contributed by atoms with van der Waals surface area (Å²) in [5.41, 5.74) is 5.56. The van der Waals surface area contributed by atoms with E-state index in [1.165, 1.54) is 19.3 Å². The number of primary amides is 1. The summed E-state index contributed by atoms with van der Waals surface area (Å²) in [4.78, 5) is 34.5. The van der Waals surface area contributed by atoms with E-state index in [1.54, 1.807) is 32.0 Å². The number of hydrogen-bond acceptors (Lipinski definition) is 5. The zero-order chi connectivity index (χ0) is 18.3. The van der Waals surface area contributed by atoms with E-state index in [4.69, 9.17) is 15.2 Å². The smallest absolute Gasteiger partial charge is 0.331 e. The Hall–Kier alpha value is -2.35. The van der Waals surface area contributed by atoms with Gasteiger partial charge in [-0.15, -0.1) is 0 Å². The Morgan fingerprint density at radius 3 is 2.50 bits per heavy atom. The van der Waals surface area contributed by atoms with Crippen molar-refractivity contribution in [2.45, 2.75) is 20.0 Å². The maximum absolute atomic E-state index is 11.9. The number of amides is 3. The largest absolute Gasteiger partial charge is 0.496 e. The van der Waals surface area contributed by atoms with Crippen LogP contribution in [0, 0.1) is 5.92 Å². The minimum Gasteiger partial charge on any atom is -0.496 e. The SMILES string of the molecule is COc1ccc(Br)cc1/C=C/C(=O)O[C@H](C(=O)NC(N)=O)C(C)C. The Morgan fingerprint density at radius 1 is 1.29 bits per heavy atom. The Morgan fingerprint density at radius 2 is 1.96 bits per heavy atom. The van der Waals surface area contributed by atoms with Crippen LogP contribution in [0.15, 0.2) is 28.7 Å². The van der Waals surface area contributed by atoms with E-state index in [-0.39, 0.29) is 5.92 Å². The fraction of sp³-hybridized carbons (Fsp3) is 0.312. The Labute approximate surface area is 148 Å². The number of ether oxygens (including phenoxy) is 2. The predicted octanol–water partition coefficient (Wildman–Crippen LogP) is 2.23. The van der Waals surface area contributed by atoms with Gasteiger partial charge >= 0.3 is 12.0 Å². The van der Waals surface area contributed by atoms with Gasteiger partial charge < -0.3 is 15.2 Å². The van der Waals surface area contributed by atoms with Crippen LogP contribution in [-0.4, -0.2) is 31.1 Å². The molecule has 8 heteroatoms. The number of benzene rings is 1. The molecule has 1 atom stereocenters. The molecule has 0 saturated heterocycles. The molecule has 0 aliphatic rings. The number of carbonyl (C=O) groups excluding carboxylic acids is 3. The van der Waals surface area contributed by atoms with Crippen LogP contribution in [0.3, 0.4) is 0 Å². The van der Waals surface area contributed by atoms with Gasteiger partial charge in [0.15, 0.2) is 6.10 Å². The van der Waals surface area contributed by atoms with Crippen LogP contribution in [0.4, 0.5) is 4.79 Å². The summed E-state index contributed by atoms with van der Waals surface area (Å²) in [5.74, 6) is -1.24. The zero-order valence-corrected chi connectivity index (χ0v) is 15.1.